The number of thiophene rings is 1. The number of nitrogens with one attached hydrogen (secondary N) is 1. The summed E-state index contributed by atoms with van der Waals surface area (Å²) < 4.78 is 1.52. The summed E-state index contributed by atoms with van der Waals surface area (Å²) in [6, 6.07) is 6.67. The van der Waals surface area contributed by atoms with E-state index in [-0.39, 0.29) is 17.2 Å². The SMILES string of the molecule is C=CCn1c(SCC(=O)Nc2cc(Cl)ccc2C#N)nc2sc(C)c(C)c2c1=O. The molecule has 0 spiro atoms. The smallest absolute Gasteiger partial charge is 0.263 e. The monoisotopic (exact) mass is 444 g/mol. The van der Waals surface area contributed by atoms with Gasteiger partial charge in [0.05, 0.1) is 22.4 Å². The van der Waals surface area contributed by atoms with Crippen LogP contribution in [-0.4, -0.2) is 21.2 Å². The Morgan fingerprint density at radius 1 is 1.48 bits per heavy atom. The maximum atomic E-state index is 12.9. The van der Waals surface area contributed by atoms with Crippen molar-refractivity contribution in [2.75, 3.05) is 11.1 Å². The number of hydrogen-bond acceptors (Lipinski definition) is 6. The average Bonchev–Trinajstić information content (AvgIpc) is 2.97. The molecule has 1 aromatic carbocycles. The number of nitrogens with zero attached hydrogens (tertiary/aromatic N) is 3. The first kappa shape index (κ1) is 21.1. The lowest BCUT2D eigenvalue weighted by Crippen LogP contribution is -2.23. The molecule has 0 saturated heterocycles. The topological polar surface area (TPSA) is 87.8 Å². The second kappa shape index (κ2) is 8.82. The highest BCUT2D eigenvalue weighted by atomic mass is 35.5. The molecule has 3 aromatic rings. The number of aromatic nitrogens is 2. The van der Waals surface area contributed by atoms with Gasteiger partial charge in [-0.1, -0.05) is 29.4 Å². The quantitative estimate of drug-likeness (QED) is 0.343. The molecule has 0 fully saturated rings. The summed E-state index contributed by atoms with van der Waals surface area (Å²) in [5.41, 5.74) is 1.46. The minimum Gasteiger partial charge on any atom is -0.324 e. The lowest BCUT2D eigenvalue weighted by atomic mass is 10.2. The van der Waals surface area contributed by atoms with Crippen molar-refractivity contribution in [1.29, 1.82) is 5.26 Å². The summed E-state index contributed by atoms with van der Waals surface area (Å²) in [6.07, 6.45) is 1.62. The second-order valence-corrected chi connectivity index (χ2v) is 8.78. The van der Waals surface area contributed by atoms with Crippen molar-refractivity contribution in [3.05, 3.63) is 62.2 Å². The molecule has 1 N–H and O–H groups in total. The van der Waals surface area contributed by atoms with Gasteiger partial charge in [-0.15, -0.1) is 17.9 Å². The van der Waals surface area contributed by atoms with Crippen LogP contribution in [0.3, 0.4) is 0 Å². The molecular formula is C20H17ClN4O2S2. The lowest BCUT2D eigenvalue weighted by molar-refractivity contribution is -0.113. The first-order valence-corrected chi connectivity index (χ1v) is 10.8. The maximum absolute atomic E-state index is 12.9. The molecule has 0 aliphatic heterocycles. The van der Waals surface area contributed by atoms with Crippen molar-refractivity contribution >= 4 is 56.5 Å². The number of nitriles is 1. The Kier molecular flexibility index (Phi) is 6.42. The Bertz CT molecular complexity index is 1220. The number of thioether (sulfide) groups is 1. The summed E-state index contributed by atoms with van der Waals surface area (Å²) in [5.74, 6) is -0.303. The fraction of sp³-hybridized carbons (Fsp3) is 0.200. The number of benzene rings is 1. The number of allylic oxidation sites excluding steroid dienone is 1. The lowest BCUT2D eigenvalue weighted by Gasteiger charge is -2.11. The van der Waals surface area contributed by atoms with E-state index in [1.165, 1.54) is 22.0 Å². The molecule has 0 unspecified atom stereocenters. The van der Waals surface area contributed by atoms with Gasteiger partial charge in [0.2, 0.25) is 5.91 Å². The fourth-order valence-corrected chi connectivity index (χ4v) is 4.79. The molecule has 0 radical (unpaired) electrons. The van der Waals surface area contributed by atoms with Crippen molar-refractivity contribution < 1.29 is 4.79 Å². The number of hydrogen-bond donors (Lipinski definition) is 1. The molecule has 0 aliphatic carbocycles. The number of rotatable bonds is 6. The Morgan fingerprint density at radius 3 is 2.93 bits per heavy atom. The molecule has 29 heavy (non-hydrogen) atoms. The number of carbonyl (C=O) groups excluding carboxylic acids is 1. The van der Waals surface area contributed by atoms with Gasteiger partial charge in [0.15, 0.2) is 5.16 Å². The normalized spacial score (nSPS) is 10.7. The van der Waals surface area contributed by atoms with Gasteiger partial charge in [0, 0.05) is 16.4 Å². The molecule has 1 amide bonds. The van der Waals surface area contributed by atoms with Crippen LogP contribution in [0.4, 0.5) is 5.69 Å². The molecule has 0 saturated carbocycles. The first-order valence-electron chi connectivity index (χ1n) is 8.59. The molecule has 148 valence electrons. The standard InChI is InChI=1S/C20H17ClN4O2S2/c1-4-7-25-19(27)17-11(2)12(3)29-18(17)24-20(25)28-10-16(26)23-15-8-14(21)6-5-13(15)9-22/h4-6,8H,1,7,10H2,2-3H3,(H,23,26). The number of anilines is 1. The average molecular weight is 445 g/mol. The highest BCUT2D eigenvalue weighted by Crippen LogP contribution is 2.28. The molecule has 0 bridgehead atoms. The predicted molar refractivity (Wildman–Crippen MR) is 119 cm³/mol. The van der Waals surface area contributed by atoms with E-state index in [9.17, 15) is 14.9 Å². The van der Waals surface area contributed by atoms with Crippen molar-refractivity contribution in [1.82, 2.24) is 9.55 Å². The zero-order valence-electron chi connectivity index (χ0n) is 15.8. The van der Waals surface area contributed by atoms with Gasteiger partial charge in [-0.25, -0.2) is 4.98 Å². The summed E-state index contributed by atoms with van der Waals surface area (Å²) in [5, 5.41) is 13.3. The molecule has 6 nitrogen and oxygen atoms in total. The van der Waals surface area contributed by atoms with Crippen LogP contribution in [0.2, 0.25) is 5.02 Å². The van der Waals surface area contributed by atoms with Gasteiger partial charge in [-0.05, 0) is 37.6 Å². The minimum absolute atomic E-state index is 0.0236. The van der Waals surface area contributed by atoms with Crippen LogP contribution in [0.1, 0.15) is 16.0 Å². The van der Waals surface area contributed by atoms with Gasteiger partial charge in [0.25, 0.3) is 5.56 Å². The third-order valence-corrected chi connectivity index (χ3v) is 6.59. The molecule has 3 rings (SSSR count). The molecule has 2 aromatic heterocycles. The third kappa shape index (κ3) is 4.37. The van der Waals surface area contributed by atoms with Crippen molar-refractivity contribution in [2.45, 2.75) is 25.5 Å². The van der Waals surface area contributed by atoms with Crippen LogP contribution >= 0.6 is 34.7 Å². The van der Waals surface area contributed by atoms with E-state index >= 15 is 0 Å². The Balaban J connectivity index is 1.87. The van der Waals surface area contributed by atoms with Crippen molar-refractivity contribution in [3.63, 3.8) is 0 Å². The van der Waals surface area contributed by atoms with Gasteiger partial charge < -0.3 is 5.32 Å². The third-order valence-electron chi connectivity index (χ3n) is 4.27. The van der Waals surface area contributed by atoms with Crippen LogP contribution in [0, 0.1) is 25.2 Å². The molecule has 2 heterocycles. The zero-order chi connectivity index (χ0) is 21.1. The summed E-state index contributed by atoms with van der Waals surface area (Å²) in [7, 11) is 0. The second-order valence-electron chi connectivity index (χ2n) is 6.20. The number of halogens is 1. The van der Waals surface area contributed by atoms with Crippen LogP contribution in [-0.2, 0) is 11.3 Å². The number of aryl methyl sites for hydroxylation is 2. The molecule has 0 atom stereocenters. The number of carbonyl (C=O) groups is 1. The molecule has 0 aliphatic rings. The largest absolute Gasteiger partial charge is 0.324 e. The first-order chi connectivity index (χ1) is 13.8. The maximum Gasteiger partial charge on any atom is 0.263 e. The highest BCUT2D eigenvalue weighted by Gasteiger charge is 2.17. The Labute approximate surface area is 180 Å². The van der Waals surface area contributed by atoms with Gasteiger partial charge in [-0.3, -0.25) is 14.2 Å². The van der Waals surface area contributed by atoms with E-state index in [1.807, 2.05) is 19.9 Å². The Hall–Kier alpha value is -2.60. The van der Waals surface area contributed by atoms with E-state index < -0.39 is 0 Å². The van der Waals surface area contributed by atoms with Crippen LogP contribution in [0.25, 0.3) is 10.2 Å². The number of fused-ring (bicyclic) bond motifs is 1. The van der Waals surface area contributed by atoms with Crippen molar-refractivity contribution in [3.8, 4) is 6.07 Å². The van der Waals surface area contributed by atoms with E-state index in [4.69, 9.17) is 11.6 Å². The Morgan fingerprint density at radius 2 is 2.24 bits per heavy atom. The molecular weight excluding hydrogens is 428 g/mol. The van der Waals surface area contributed by atoms with Crippen LogP contribution in [0.5, 0.6) is 0 Å². The van der Waals surface area contributed by atoms with Crippen molar-refractivity contribution in [2.24, 2.45) is 0 Å². The highest BCUT2D eigenvalue weighted by molar-refractivity contribution is 7.99. The van der Waals surface area contributed by atoms with E-state index in [0.29, 0.717) is 38.2 Å². The number of amides is 1. The summed E-state index contributed by atoms with van der Waals surface area (Å²) in [6.45, 7) is 7.87. The van der Waals surface area contributed by atoms with Gasteiger partial charge in [0.1, 0.15) is 10.9 Å². The van der Waals surface area contributed by atoms with E-state index in [1.54, 1.807) is 18.2 Å². The molecule has 9 heteroatoms. The summed E-state index contributed by atoms with van der Waals surface area (Å²) in [4.78, 5) is 31.7. The van der Waals surface area contributed by atoms with Crippen LogP contribution in [0.15, 0.2) is 40.8 Å². The van der Waals surface area contributed by atoms with E-state index in [0.717, 1.165) is 22.2 Å². The predicted octanol–water partition coefficient (Wildman–Crippen LogP) is 4.52. The fourth-order valence-electron chi connectivity index (χ4n) is 2.74. The van der Waals surface area contributed by atoms with Gasteiger partial charge >= 0.3 is 0 Å². The van der Waals surface area contributed by atoms with Gasteiger partial charge in [-0.2, -0.15) is 5.26 Å². The minimum atomic E-state index is -0.327. The summed E-state index contributed by atoms with van der Waals surface area (Å²) >= 11 is 8.57. The zero-order valence-corrected chi connectivity index (χ0v) is 18.2. The van der Waals surface area contributed by atoms with E-state index in [2.05, 4.69) is 16.9 Å². The van der Waals surface area contributed by atoms with Crippen LogP contribution < -0.4 is 10.9 Å².